The lowest BCUT2D eigenvalue weighted by molar-refractivity contribution is 0.432. The van der Waals surface area contributed by atoms with Gasteiger partial charge in [0.05, 0.1) is 0 Å². The number of halogens is 1. The van der Waals surface area contributed by atoms with Gasteiger partial charge in [0.15, 0.2) is 11.6 Å². The van der Waals surface area contributed by atoms with Crippen molar-refractivity contribution in [2.45, 2.75) is 6.92 Å². The second kappa shape index (κ2) is 3.19. The standard InChI is InChI=1S/C9H9FO/c1-2-4-7-5-3-6-8(11)9(7)10/h2-6,11H,1H3/b4-2+. The highest BCUT2D eigenvalue weighted by atomic mass is 19.1. The van der Waals surface area contributed by atoms with Crippen LogP contribution in [0.25, 0.3) is 6.08 Å². The molecular formula is C9H9FO. The third kappa shape index (κ3) is 1.58. The fraction of sp³-hybridized carbons (Fsp3) is 0.111. The van der Waals surface area contributed by atoms with Gasteiger partial charge in [-0.2, -0.15) is 0 Å². The Labute approximate surface area is 64.8 Å². The largest absolute Gasteiger partial charge is 0.505 e. The van der Waals surface area contributed by atoms with Crippen molar-refractivity contribution in [3.05, 3.63) is 35.7 Å². The Balaban J connectivity index is 3.16. The first-order chi connectivity index (χ1) is 5.25. The van der Waals surface area contributed by atoms with Crippen molar-refractivity contribution >= 4 is 6.08 Å². The maximum absolute atomic E-state index is 12.9. The molecular weight excluding hydrogens is 143 g/mol. The van der Waals surface area contributed by atoms with E-state index in [1.165, 1.54) is 6.07 Å². The molecule has 2 heteroatoms. The zero-order valence-corrected chi connectivity index (χ0v) is 6.21. The van der Waals surface area contributed by atoms with E-state index in [1.54, 1.807) is 31.2 Å². The minimum atomic E-state index is -0.564. The van der Waals surface area contributed by atoms with Crippen molar-refractivity contribution in [3.63, 3.8) is 0 Å². The van der Waals surface area contributed by atoms with Crippen LogP contribution in [0.2, 0.25) is 0 Å². The molecule has 0 amide bonds. The SMILES string of the molecule is C/C=C/c1cccc(O)c1F. The van der Waals surface area contributed by atoms with E-state index < -0.39 is 5.82 Å². The van der Waals surface area contributed by atoms with Crippen molar-refractivity contribution in [2.24, 2.45) is 0 Å². The van der Waals surface area contributed by atoms with E-state index >= 15 is 0 Å². The summed E-state index contributed by atoms with van der Waals surface area (Å²) >= 11 is 0. The lowest BCUT2D eigenvalue weighted by Gasteiger charge is -1.97. The lowest BCUT2D eigenvalue weighted by Crippen LogP contribution is -1.80. The molecule has 0 aliphatic rings. The van der Waals surface area contributed by atoms with Gasteiger partial charge in [0.25, 0.3) is 0 Å². The Morgan fingerprint density at radius 3 is 2.82 bits per heavy atom. The van der Waals surface area contributed by atoms with Crippen molar-refractivity contribution in [3.8, 4) is 5.75 Å². The number of phenols is 1. The van der Waals surface area contributed by atoms with E-state index in [2.05, 4.69) is 0 Å². The van der Waals surface area contributed by atoms with E-state index in [-0.39, 0.29) is 5.75 Å². The van der Waals surface area contributed by atoms with Crippen molar-refractivity contribution in [1.82, 2.24) is 0 Å². The Morgan fingerprint density at radius 2 is 2.18 bits per heavy atom. The van der Waals surface area contributed by atoms with E-state index in [0.717, 1.165) is 0 Å². The second-order valence-corrected chi connectivity index (χ2v) is 2.18. The van der Waals surface area contributed by atoms with Crippen molar-refractivity contribution in [2.75, 3.05) is 0 Å². The molecule has 0 heterocycles. The van der Waals surface area contributed by atoms with Crippen LogP contribution in [-0.4, -0.2) is 5.11 Å². The lowest BCUT2D eigenvalue weighted by atomic mass is 10.2. The van der Waals surface area contributed by atoms with Gasteiger partial charge in [-0.25, -0.2) is 4.39 Å². The highest BCUT2D eigenvalue weighted by Crippen LogP contribution is 2.19. The van der Waals surface area contributed by atoms with Crippen LogP contribution >= 0.6 is 0 Å². The number of phenolic OH excluding ortho intramolecular Hbond substituents is 1. The average Bonchev–Trinajstić information content (AvgIpc) is 1.99. The predicted molar refractivity (Wildman–Crippen MR) is 42.8 cm³/mol. The molecule has 1 rings (SSSR count). The predicted octanol–water partition coefficient (Wildman–Crippen LogP) is 2.56. The highest BCUT2D eigenvalue weighted by molar-refractivity contribution is 5.52. The molecule has 1 N–H and O–H groups in total. The maximum Gasteiger partial charge on any atom is 0.171 e. The van der Waals surface area contributed by atoms with Crippen molar-refractivity contribution < 1.29 is 9.50 Å². The molecule has 0 aliphatic carbocycles. The smallest absolute Gasteiger partial charge is 0.171 e. The molecule has 58 valence electrons. The topological polar surface area (TPSA) is 20.2 Å². The molecule has 0 unspecified atom stereocenters. The molecule has 0 saturated carbocycles. The Morgan fingerprint density at radius 1 is 1.45 bits per heavy atom. The third-order valence-corrected chi connectivity index (χ3v) is 1.35. The fourth-order valence-corrected chi connectivity index (χ4v) is 0.845. The summed E-state index contributed by atoms with van der Waals surface area (Å²) in [6.07, 6.45) is 3.33. The monoisotopic (exact) mass is 152 g/mol. The van der Waals surface area contributed by atoms with Crippen LogP contribution < -0.4 is 0 Å². The zero-order chi connectivity index (χ0) is 8.27. The molecule has 0 aliphatic heterocycles. The van der Waals surface area contributed by atoms with Gasteiger partial charge in [0.2, 0.25) is 0 Å². The van der Waals surface area contributed by atoms with Gasteiger partial charge in [0.1, 0.15) is 0 Å². The van der Waals surface area contributed by atoms with Crippen LogP contribution in [-0.2, 0) is 0 Å². The van der Waals surface area contributed by atoms with E-state index in [9.17, 15) is 4.39 Å². The minimum Gasteiger partial charge on any atom is -0.505 e. The van der Waals surface area contributed by atoms with Gasteiger partial charge in [-0.1, -0.05) is 24.3 Å². The molecule has 11 heavy (non-hydrogen) atoms. The summed E-state index contributed by atoms with van der Waals surface area (Å²) in [5, 5.41) is 8.92. The molecule has 0 saturated heterocycles. The Hall–Kier alpha value is -1.31. The fourth-order valence-electron chi connectivity index (χ4n) is 0.845. The van der Waals surface area contributed by atoms with Gasteiger partial charge in [-0.3, -0.25) is 0 Å². The normalized spacial score (nSPS) is 10.7. The van der Waals surface area contributed by atoms with Crippen LogP contribution in [0.3, 0.4) is 0 Å². The molecule has 0 bridgehead atoms. The van der Waals surface area contributed by atoms with Gasteiger partial charge in [-0.05, 0) is 13.0 Å². The summed E-state index contributed by atoms with van der Waals surface area (Å²) in [5.74, 6) is -0.869. The molecule has 1 nitrogen and oxygen atoms in total. The Kier molecular flexibility index (Phi) is 2.26. The van der Waals surface area contributed by atoms with E-state index in [0.29, 0.717) is 5.56 Å². The van der Waals surface area contributed by atoms with E-state index in [4.69, 9.17) is 5.11 Å². The summed E-state index contributed by atoms with van der Waals surface area (Å²) in [4.78, 5) is 0. The Bertz CT molecular complexity index is 279. The van der Waals surface area contributed by atoms with Crippen LogP contribution in [0.15, 0.2) is 24.3 Å². The molecule has 1 aromatic carbocycles. The maximum atomic E-state index is 12.9. The first-order valence-electron chi connectivity index (χ1n) is 3.36. The molecule has 1 aromatic rings. The van der Waals surface area contributed by atoms with Crippen LogP contribution in [0, 0.1) is 5.82 Å². The quantitative estimate of drug-likeness (QED) is 0.655. The summed E-state index contributed by atoms with van der Waals surface area (Å²) in [7, 11) is 0. The van der Waals surface area contributed by atoms with Gasteiger partial charge >= 0.3 is 0 Å². The van der Waals surface area contributed by atoms with Crippen LogP contribution in [0.1, 0.15) is 12.5 Å². The second-order valence-electron chi connectivity index (χ2n) is 2.18. The molecule has 0 fully saturated rings. The molecule has 0 atom stereocenters. The van der Waals surface area contributed by atoms with Crippen molar-refractivity contribution in [1.29, 1.82) is 0 Å². The zero-order valence-electron chi connectivity index (χ0n) is 6.21. The summed E-state index contributed by atoms with van der Waals surface area (Å²) < 4.78 is 12.9. The summed E-state index contributed by atoms with van der Waals surface area (Å²) in [6, 6.07) is 4.53. The molecule has 0 radical (unpaired) electrons. The number of aromatic hydroxyl groups is 1. The van der Waals surface area contributed by atoms with Gasteiger partial charge in [-0.15, -0.1) is 0 Å². The first kappa shape index (κ1) is 7.79. The molecule has 0 aromatic heterocycles. The number of benzene rings is 1. The highest BCUT2D eigenvalue weighted by Gasteiger charge is 2.01. The van der Waals surface area contributed by atoms with Crippen LogP contribution in [0.4, 0.5) is 4.39 Å². The van der Waals surface area contributed by atoms with Crippen LogP contribution in [0.5, 0.6) is 5.75 Å². The summed E-state index contributed by atoms with van der Waals surface area (Å²) in [6.45, 7) is 1.80. The first-order valence-corrected chi connectivity index (χ1v) is 3.36. The number of hydrogen-bond donors (Lipinski definition) is 1. The number of hydrogen-bond acceptors (Lipinski definition) is 1. The number of rotatable bonds is 1. The number of allylic oxidation sites excluding steroid dienone is 1. The van der Waals surface area contributed by atoms with Gasteiger partial charge in [0, 0.05) is 5.56 Å². The molecule has 0 spiro atoms. The minimum absolute atomic E-state index is 0.305. The third-order valence-electron chi connectivity index (χ3n) is 1.35. The van der Waals surface area contributed by atoms with E-state index in [1.807, 2.05) is 0 Å². The average molecular weight is 152 g/mol. The van der Waals surface area contributed by atoms with Gasteiger partial charge < -0.3 is 5.11 Å². The summed E-state index contributed by atoms with van der Waals surface area (Å²) in [5.41, 5.74) is 0.410.